The van der Waals surface area contributed by atoms with Crippen molar-refractivity contribution in [2.24, 2.45) is 11.8 Å². The van der Waals surface area contributed by atoms with E-state index in [9.17, 15) is 45.5 Å². The van der Waals surface area contributed by atoms with Crippen LogP contribution in [0.25, 0.3) is 23.2 Å². The molecule has 592 valence electrons. The summed E-state index contributed by atoms with van der Waals surface area (Å²) in [6.45, 7) is 29.9. The molecule has 0 saturated carbocycles. The number of aromatic nitrogens is 6. The Morgan fingerprint density at radius 2 is 1.06 bits per heavy atom. The zero-order valence-electron chi connectivity index (χ0n) is 62.4. The van der Waals surface area contributed by atoms with Gasteiger partial charge in [0.2, 0.25) is 23.0 Å². The Kier molecular flexibility index (Phi) is 27.7. The summed E-state index contributed by atoms with van der Waals surface area (Å²) >= 11 is 0. The molecule has 0 aliphatic carbocycles. The fourth-order valence-electron chi connectivity index (χ4n) is 9.99. The van der Waals surface area contributed by atoms with Crippen LogP contribution < -0.4 is 19.3 Å². The lowest BCUT2D eigenvalue weighted by atomic mass is 9.95. The second kappa shape index (κ2) is 34.3. The van der Waals surface area contributed by atoms with Crippen LogP contribution in [0.5, 0.6) is 11.8 Å². The molecule has 0 radical (unpaired) electrons. The molecule has 0 fully saturated rings. The maximum atomic E-state index is 15.3. The quantitative estimate of drug-likeness (QED) is 0.0415. The predicted molar refractivity (Wildman–Crippen MR) is 369 cm³/mol. The van der Waals surface area contributed by atoms with Crippen molar-refractivity contribution in [3.63, 3.8) is 0 Å². The number of amides is 4. The van der Waals surface area contributed by atoms with Gasteiger partial charge in [0.25, 0.3) is 23.6 Å². The van der Waals surface area contributed by atoms with Crippen LogP contribution in [0.3, 0.4) is 0 Å². The fraction of sp³-hybridized carbons (Fsp3) is 0.514. The van der Waals surface area contributed by atoms with Crippen LogP contribution in [0.4, 0.5) is 83.2 Å². The van der Waals surface area contributed by atoms with Gasteiger partial charge in [0.15, 0.2) is 11.4 Å². The molecule has 1 aliphatic rings. The molecule has 7 rings (SSSR count). The van der Waals surface area contributed by atoms with Crippen molar-refractivity contribution in [3.05, 3.63) is 144 Å². The van der Waals surface area contributed by atoms with E-state index in [1.165, 1.54) is 120 Å². The largest absolute Gasteiger partial charge is 0.473 e. The molecule has 2 aromatic carbocycles. The number of carbonyl (C=O) groups is 4. The lowest BCUT2D eigenvalue weighted by Crippen LogP contribution is -2.45. The van der Waals surface area contributed by atoms with Crippen molar-refractivity contribution < 1.29 is 119 Å². The van der Waals surface area contributed by atoms with Gasteiger partial charge >= 0.3 is 49.1 Å². The smallest absolute Gasteiger partial charge is 0.426 e. The highest BCUT2D eigenvalue weighted by Gasteiger charge is 2.63. The third-order valence-electron chi connectivity index (χ3n) is 15.2. The number of hydrogen-bond donors (Lipinski definition) is 0. The van der Waals surface area contributed by atoms with Gasteiger partial charge in [-0.15, -0.1) is 33.6 Å². The summed E-state index contributed by atoms with van der Waals surface area (Å²) in [7, 11) is 0. The first-order valence-corrected chi connectivity index (χ1v) is 33.9. The van der Waals surface area contributed by atoms with Gasteiger partial charge in [0.05, 0.1) is 24.6 Å². The second-order valence-corrected chi connectivity index (χ2v) is 29.4. The Morgan fingerprint density at radius 3 is 1.49 bits per heavy atom. The van der Waals surface area contributed by atoms with Gasteiger partial charge in [0, 0.05) is 12.8 Å². The summed E-state index contributed by atoms with van der Waals surface area (Å²) in [6.07, 6.45) is -25.1. The molecule has 0 spiro atoms. The number of anilines is 2. The van der Waals surface area contributed by atoms with Crippen LogP contribution >= 0.6 is 0 Å². The number of fused-ring (bicyclic) bond motifs is 5. The number of ether oxygens (including phenoxy) is 8. The third-order valence-corrected chi connectivity index (χ3v) is 15.2. The predicted octanol–water partition coefficient (Wildman–Crippen LogP) is 20.7. The maximum Gasteiger partial charge on any atom is 0.426 e. The Labute approximate surface area is 616 Å². The number of benzene rings is 2. The van der Waals surface area contributed by atoms with E-state index < -0.39 is 202 Å². The molecular formula is C74H88F12N8O14. The minimum absolute atomic E-state index is 0.0159. The molecule has 34 heteroatoms. The van der Waals surface area contributed by atoms with E-state index in [-0.39, 0.29) is 35.5 Å². The van der Waals surface area contributed by atoms with Gasteiger partial charge in [-0.05, 0) is 144 Å². The van der Waals surface area contributed by atoms with E-state index in [0.717, 1.165) is 0 Å². The maximum absolute atomic E-state index is 15.3. The number of rotatable bonds is 19. The topological polar surface area (TPSA) is 252 Å². The van der Waals surface area contributed by atoms with Gasteiger partial charge < -0.3 is 46.7 Å². The molecule has 4 amide bonds. The standard InChI is InChI=1S/C38H46F6N4O7.C36H42F6N4O7/c1-11-13-20-36(38(42,43)44,51-22-24-18-15-14-16-19-24)31-47-46-30(53-31)28-26(48(32(49)54-34(5,6)7)33(50)55-35(8,9)10)21-25(37(39,40)41)29(45-28)52-27(17-12-2)23(3)4;1-21(2)25-17-13-10-14-18-34(36(40,41)42,49-20-22-15-11-9-12-16-22)29-45-44-28(51-29)26-24(19-23(35(37,38)39)27(43-26)50-25)46(30(47)52-32(3,4)5)31(48)53-33(6,7)8/h11-12,14-16,18-19,21,23,27H,1-2,13,17,20,22H2,3-10H3;9-13,15-16,19,21,25H,14,17-18,20H2,1-8H3/t27?,36-;25?,34-/m11/s1. The number of halogens is 12. The Balaban J connectivity index is 0.000000338. The van der Waals surface area contributed by atoms with E-state index in [4.69, 9.17) is 46.7 Å². The van der Waals surface area contributed by atoms with Crippen molar-refractivity contribution >= 4 is 35.7 Å². The molecule has 5 heterocycles. The average Bonchev–Trinajstić information content (AvgIpc) is 1.60. The number of alkyl halides is 12. The summed E-state index contributed by atoms with van der Waals surface area (Å²) in [4.78, 5) is 63.1. The molecule has 0 saturated heterocycles. The first-order valence-electron chi connectivity index (χ1n) is 33.9. The minimum atomic E-state index is -5.22. The van der Waals surface area contributed by atoms with E-state index in [0.29, 0.717) is 23.3 Å². The highest BCUT2D eigenvalue weighted by molar-refractivity contribution is 6.12. The fourth-order valence-corrected chi connectivity index (χ4v) is 9.99. The Morgan fingerprint density at radius 1 is 0.593 bits per heavy atom. The van der Waals surface area contributed by atoms with Gasteiger partial charge in [-0.3, -0.25) is 0 Å². The first-order chi connectivity index (χ1) is 49.7. The number of imide groups is 2. The van der Waals surface area contributed by atoms with Crippen molar-refractivity contribution in [1.82, 2.24) is 30.4 Å². The zero-order valence-corrected chi connectivity index (χ0v) is 62.4. The summed E-state index contributed by atoms with van der Waals surface area (Å²) in [5, 5.41) is 14.9. The van der Waals surface area contributed by atoms with Gasteiger partial charge in [-0.25, -0.2) is 29.1 Å². The lowest BCUT2D eigenvalue weighted by molar-refractivity contribution is -0.299. The molecule has 1 aliphatic heterocycles. The highest BCUT2D eigenvalue weighted by atomic mass is 19.4. The summed E-state index contributed by atoms with van der Waals surface area (Å²) in [6, 6.07) is 16.7. The van der Waals surface area contributed by atoms with Crippen molar-refractivity contribution in [3.8, 4) is 34.9 Å². The minimum Gasteiger partial charge on any atom is -0.473 e. The molecule has 22 nitrogen and oxygen atoms in total. The van der Waals surface area contributed by atoms with Gasteiger partial charge in [-0.2, -0.15) is 62.5 Å². The number of carbonyl (C=O) groups excluding carboxylic acids is 4. The van der Waals surface area contributed by atoms with Crippen molar-refractivity contribution in [1.29, 1.82) is 0 Å². The van der Waals surface area contributed by atoms with E-state index in [1.807, 2.05) is 0 Å². The van der Waals surface area contributed by atoms with E-state index in [1.54, 1.807) is 76.2 Å². The van der Waals surface area contributed by atoms with Crippen LogP contribution in [0.15, 0.2) is 119 Å². The molecule has 2 unspecified atom stereocenters. The number of allylic oxidation sites excluding steroid dienone is 2. The summed E-state index contributed by atoms with van der Waals surface area (Å²) in [5.74, 6) is -6.95. The van der Waals surface area contributed by atoms with Crippen LogP contribution in [-0.4, -0.2) is 102 Å². The monoisotopic (exact) mass is 1540 g/mol. The number of pyridine rings is 2. The first kappa shape index (κ1) is 87.3. The van der Waals surface area contributed by atoms with E-state index >= 15 is 26.3 Å². The zero-order chi connectivity index (χ0) is 81.1. The van der Waals surface area contributed by atoms with Crippen LogP contribution in [-0.2, 0) is 65.2 Å². The summed E-state index contributed by atoms with van der Waals surface area (Å²) in [5.41, 5.74) is -17.6. The van der Waals surface area contributed by atoms with Crippen molar-refractivity contribution in [2.45, 2.75) is 233 Å². The second-order valence-electron chi connectivity index (χ2n) is 29.4. The molecular weight excluding hydrogens is 1450 g/mol. The molecule has 4 bridgehead atoms. The third kappa shape index (κ3) is 23.0. The SMILES string of the molecule is C=CCC[C@@](OCc1ccccc1)(c1nnc(-c2nc(OC(CC=C)C(C)C)c(C(F)(F)F)cc2N(C(=O)OC(C)(C)C)C(=O)OC(C)(C)C)o1)C(F)(F)F.CC(C)C1CC=CCC[C@](OCc2ccccc2)(C(F)(F)F)c2nnc(o2)-c2nc(c(C(F)(F)F)cc2N(C(=O)OC(C)(C)C)C(=O)OC(C)(C)C)O1. The Bertz CT molecular complexity index is 4040. The average molecular weight is 1540 g/mol. The molecule has 108 heavy (non-hydrogen) atoms. The summed E-state index contributed by atoms with van der Waals surface area (Å²) < 4.78 is 236. The molecule has 6 aromatic rings. The normalized spacial score (nSPS) is 16.3. The van der Waals surface area contributed by atoms with Crippen LogP contribution in [0, 0.1) is 11.8 Å². The molecule has 4 atom stereocenters. The molecule has 4 aromatic heterocycles. The van der Waals surface area contributed by atoms with Gasteiger partial charge in [-0.1, -0.05) is 113 Å². The highest BCUT2D eigenvalue weighted by Crippen LogP contribution is 2.51. The number of hydrogen-bond acceptors (Lipinski definition) is 20. The number of nitrogens with zero attached hydrogens (tertiary/aromatic N) is 8. The van der Waals surface area contributed by atoms with Gasteiger partial charge in [0.1, 0.15) is 45.7 Å². The van der Waals surface area contributed by atoms with Crippen molar-refractivity contribution in [2.75, 3.05) is 9.80 Å². The van der Waals surface area contributed by atoms with Crippen LogP contribution in [0.2, 0.25) is 0 Å². The van der Waals surface area contributed by atoms with E-state index in [2.05, 4.69) is 43.5 Å². The Hall–Kier alpha value is -9.60. The lowest BCUT2D eigenvalue weighted by Gasteiger charge is -2.32. The van der Waals surface area contributed by atoms with Crippen LogP contribution in [0.1, 0.15) is 183 Å². The molecule has 0 N–H and O–H groups in total.